The molecule has 0 aliphatic carbocycles. The number of rotatable bonds is 3. The topological polar surface area (TPSA) is 84.2 Å². The van der Waals surface area contributed by atoms with Crippen molar-refractivity contribution in [2.75, 3.05) is 13.1 Å². The Morgan fingerprint density at radius 1 is 1.75 bits per heavy atom. The Hall–Kier alpha value is -1.10. The number of hydrogen-bond acceptors (Lipinski definition) is 3. The lowest BCUT2D eigenvalue weighted by atomic mass is 10.2. The molecule has 4 N–H and O–H groups in total. The molecule has 0 spiro atoms. The molecular formula is C7H13N3O2. The molecule has 1 fully saturated rings. The summed E-state index contributed by atoms with van der Waals surface area (Å²) in [5.41, 5.74) is 5.19. The van der Waals surface area contributed by atoms with Gasteiger partial charge in [0.05, 0.1) is 6.04 Å². The van der Waals surface area contributed by atoms with Crippen molar-refractivity contribution in [3.05, 3.63) is 0 Å². The molecule has 12 heavy (non-hydrogen) atoms. The Kier molecular flexibility index (Phi) is 3.04. The largest absolute Gasteiger partial charge is 0.354 e. The normalized spacial score (nSPS) is 22.1. The summed E-state index contributed by atoms with van der Waals surface area (Å²) in [6, 6.07) is -0.0449. The summed E-state index contributed by atoms with van der Waals surface area (Å²) in [7, 11) is 0. The summed E-state index contributed by atoms with van der Waals surface area (Å²) in [6.07, 6.45) is 0.709. The van der Waals surface area contributed by atoms with Gasteiger partial charge in [0.25, 0.3) is 0 Å². The van der Waals surface area contributed by atoms with E-state index in [0.717, 1.165) is 0 Å². The summed E-state index contributed by atoms with van der Waals surface area (Å²) in [6.45, 7) is 0.884. The van der Waals surface area contributed by atoms with E-state index in [1.54, 1.807) is 0 Å². The number of nitrogens with two attached hydrogens (primary N) is 1. The first-order chi connectivity index (χ1) is 5.72. The molecule has 1 unspecified atom stereocenters. The van der Waals surface area contributed by atoms with E-state index in [1.165, 1.54) is 0 Å². The van der Waals surface area contributed by atoms with E-state index in [1.807, 2.05) is 0 Å². The average Bonchev–Trinajstić information content (AvgIpc) is 2.36. The van der Waals surface area contributed by atoms with Crippen molar-refractivity contribution in [2.24, 2.45) is 5.73 Å². The Morgan fingerprint density at radius 3 is 3.00 bits per heavy atom. The Labute approximate surface area is 70.7 Å². The molecule has 0 aromatic carbocycles. The van der Waals surface area contributed by atoms with Crippen LogP contribution < -0.4 is 16.4 Å². The second-order valence-electron chi connectivity index (χ2n) is 2.81. The van der Waals surface area contributed by atoms with E-state index in [4.69, 9.17) is 5.73 Å². The highest BCUT2D eigenvalue weighted by Crippen LogP contribution is 1.98. The van der Waals surface area contributed by atoms with Crippen molar-refractivity contribution < 1.29 is 9.59 Å². The van der Waals surface area contributed by atoms with Gasteiger partial charge in [-0.15, -0.1) is 0 Å². The smallest absolute Gasteiger partial charge is 0.222 e. The van der Waals surface area contributed by atoms with Gasteiger partial charge in [-0.05, 0) is 0 Å². The first kappa shape index (κ1) is 8.99. The fourth-order valence-corrected chi connectivity index (χ4v) is 1.14. The van der Waals surface area contributed by atoms with Gasteiger partial charge in [-0.3, -0.25) is 9.59 Å². The van der Waals surface area contributed by atoms with Crippen LogP contribution in [0.2, 0.25) is 0 Å². The van der Waals surface area contributed by atoms with Gasteiger partial charge < -0.3 is 16.4 Å². The van der Waals surface area contributed by atoms with Crippen molar-refractivity contribution in [1.29, 1.82) is 0 Å². The fraction of sp³-hybridized carbons (Fsp3) is 0.714. The van der Waals surface area contributed by atoms with Crippen molar-refractivity contribution in [1.82, 2.24) is 10.6 Å². The van der Waals surface area contributed by atoms with Crippen LogP contribution in [0.1, 0.15) is 12.8 Å². The molecule has 68 valence electrons. The van der Waals surface area contributed by atoms with Gasteiger partial charge in [-0.25, -0.2) is 0 Å². The second-order valence-corrected chi connectivity index (χ2v) is 2.81. The lowest BCUT2D eigenvalue weighted by molar-refractivity contribution is -0.121. The van der Waals surface area contributed by atoms with E-state index >= 15 is 0 Å². The van der Waals surface area contributed by atoms with Crippen molar-refractivity contribution in [2.45, 2.75) is 18.9 Å². The van der Waals surface area contributed by atoms with Gasteiger partial charge in [-0.1, -0.05) is 0 Å². The monoisotopic (exact) mass is 171 g/mol. The van der Waals surface area contributed by atoms with Crippen LogP contribution in [-0.2, 0) is 9.59 Å². The van der Waals surface area contributed by atoms with Crippen LogP contribution in [0, 0.1) is 0 Å². The van der Waals surface area contributed by atoms with E-state index in [0.29, 0.717) is 25.9 Å². The maximum atomic E-state index is 11.0. The van der Waals surface area contributed by atoms with Crippen LogP contribution >= 0.6 is 0 Å². The van der Waals surface area contributed by atoms with Gasteiger partial charge in [0.2, 0.25) is 11.8 Å². The van der Waals surface area contributed by atoms with E-state index in [-0.39, 0.29) is 17.9 Å². The molecule has 0 aromatic heterocycles. The molecule has 5 heteroatoms. The molecule has 2 amide bonds. The third-order valence-electron chi connectivity index (χ3n) is 1.71. The van der Waals surface area contributed by atoms with Gasteiger partial charge in [0.1, 0.15) is 0 Å². The molecular weight excluding hydrogens is 158 g/mol. The third kappa shape index (κ3) is 2.50. The Balaban J connectivity index is 2.23. The van der Waals surface area contributed by atoms with Crippen molar-refractivity contribution in [3.63, 3.8) is 0 Å². The standard InChI is InChI=1S/C7H13N3O2/c8-2-1-6(11)10-5-3-7(12)9-4-5/h5H,1-4,8H2,(H,9,12)(H,10,11). The van der Waals surface area contributed by atoms with Gasteiger partial charge >= 0.3 is 0 Å². The van der Waals surface area contributed by atoms with E-state index < -0.39 is 0 Å². The Morgan fingerprint density at radius 2 is 2.50 bits per heavy atom. The molecule has 1 aliphatic rings. The summed E-state index contributed by atoms with van der Waals surface area (Å²) < 4.78 is 0. The summed E-state index contributed by atoms with van der Waals surface area (Å²) >= 11 is 0. The minimum atomic E-state index is -0.0843. The fourth-order valence-electron chi connectivity index (χ4n) is 1.14. The quantitative estimate of drug-likeness (QED) is 0.475. The van der Waals surface area contributed by atoms with Crippen LogP contribution in [-0.4, -0.2) is 30.9 Å². The number of nitrogens with one attached hydrogen (secondary N) is 2. The van der Waals surface area contributed by atoms with Crippen LogP contribution in [0.15, 0.2) is 0 Å². The molecule has 0 radical (unpaired) electrons. The van der Waals surface area contributed by atoms with Gasteiger partial charge in [-0.2, -0.15) is 0 Å². The zero-order valence-corrected chi connectivity index (χ0v) is 6.80. The zero-order valence-electron chi connectivity index (χ0n) is 6.80. The minimum absolute atomic E-state index is 0.00644. The average molecular weight is 171 g/mol. The summed E-state index contributed by atoms with van der Waals surface area (Å²) in [5, 5.41) is 5.34. The van der Waals surface area contributed by atoms with Crippen LogP contribution in [0.4, 0.5) is 0 Å². The zero-order chi connectivity index (χ0) is 8.97. The lowest BCUT2D eigenvalue weighted by Gasteiger charge is -2.08. The molecule has 1 rings (SSSR count). The summed E-state index contributed by atoms with van der Waals surface area (Å²) in [4.78, 5) is 21.7. The van der Waals surface area contributed by atoms with E-state index in [2.05, 4.69) is 10.6 Å². The minimum Gasteiger partial charge on any atom is -0.354 e. The third-order valence-corrected chi connectivity index (χ3v) is 1.71. The molecule has 1 atom stereocenters. The van der Waals surface area contributed by atoms with Gasteiger partial charge in [0, 0.05) is 25.9 Å². The lowest BCUT2D eigenvalue weighted by Crippen LogP contribution is -2.36. The van der Waals surface area contributed by atoms with Crippen molar-refractivity contribution in [3.8, 4) is 0 Å². The number of amides is 2. The molecule has 0 bridgehead atoms. The molecule has 1 heterocycles. The van der Waals surface area contributed by atoms with E-state index in [9.17, 15) is 9.59 Å². The van der Waals surface area contributed by atoms with Gasteiger partial charge in [0.15, 0.2) is 0 Å². The van der Waals surface area contributed by atoms with Crippen LogP contribution in [0.25, 0.3) is 0 Å². The first-order valence-electron chi connectivity index (χ1n) is 3.98. The highest BCUT2D eigenvalue weighted by molar-refractivity contribution is 5.82. The van der Waals surface area contributed by atoms with Crippen LogP contribution in [0.3, 0.4) is 0 Å². The maximum absolute atomic E-state index is 11.0. The predicted molar refractivity (Wildman–Crippen MR) is 43.2 cm³/mol. The second kappa shape index (κ2) is 4.06. The van der Waals surface area contributed by atoms with Crippen LogP contribution in [0.5, 0.6) is 0 Å². The van der Waals surface area contributed by atoms with Crippen molar-refractivity contribution >= 4 is 11.8 Å². The molecule has 1 saturated heterocycles. The Bertz CT molecular complexity index is 193. The predicted octanol–water partition coefficient (Wildman–Crippen LogP) is -1.66. The summed E-state index contributed by atoms with van der Waals surface area (Å²) in [5.74, 6) is -0.0907. The molecule has 1 aliphatic heterocycles. The molecule has 5 nitrogen and oxygen atoms in total. The SMILES string of the molecule is NCCC(=O)NC1CNC(=O)C1. The maximum Gasteiger partial charge on any atom is 0.222 e. The molecule has 0 aromatic rings. The highest BCUT2D eigenvalue weighted by Gasteiger charge is 2.22. The molecule has 0 saturated carbocycles. The number of hydrogen-bond donors (Lipinski definition) is 3. The first-order valence-corrected chi connectivity index (χ1v) is 3.98. The number of carbonyl (C=O) groups is 2. The number of carbonyl (C=O) groups excluding carboxylic acids is 2. The highest BCUT2D eigenvalue weighted by atomic mass is 16.2.